The van der Waals surface area contributed by atoms with Gasteiger partial charge in [0.25, 0.3) is 5.91 Å². The van der Waals surface area contributed by atoms with Crippen molar-refractivity contribution < 1.29 is 13.9 Å². The van der Waals surface area contributed by atoms with Crippen molar-refractivity contribution in [2.24, 2.45) is 0 Å². The molecule has 1 fully saturated rings. The minimum Gasteiger partial charge on any atom is -0.460 e. The lowest BCUT2D eigenvalue weighted by Gasteiger charge is -2.32. The third kappa shape index (κ3) is 3.73. The highest BCUT2D eigenvalue weighted by Gasteiger charge is 2.29. The molecule has 3 heterocycles. The summed E-state index contributed by atoms with van der Waals surface area (Å²) < 4.78 is 13.3. The van der Waals surface area contributed by atoms with E-state index in [1.807, 2.05) is 61.2 Å². The maximum Gasteiger partial charge on any atom is 0.257 e. The van der Waals surface area contributed by atoms with Crippen LogP contribution in [0.25, 0.3) is 17.1 Å². The fourth-order valence-electron chi connectivity index (χ4n) is 3.65. The molecule has 0 unspecified atom stereocenters. The Morgan fingerprint density at radius 3 is 2.79 bits per heavy atom. The summed E-state index contributed by atoms with van der Waals surface area (Å²) >= 11 is 0. The number of amides is 1. The van der Waals surface area contributed by atoms with Gasteiger partial charge < -0.3 is 14.1 Å². The molecule has 0 aliphatic carbocycles. The predicted octanol–water partition coefficient (Wildman–Crippen LogP) is 4.08. The van der Waals surface area contributed by atoms with Crippen LogP contribution in [-0.4, -0.2) is 46.4 Å². The maximum absolute atomic E-state index is 13.4. The maximum atomic E-state index is 13.4. The van der Waals surface area contributed by atoms with Crippen LogP contribution >= 0.6 is 0 Å². The Kier molecular flexibility index (Phi) is 5.30. The van der Waals surface area contributed by atoms with Gasteiger partial charge in [-0.05, 0) is 51.0 Å². The summed E-state index contributed by atoms with van der Waals surface area (Å²) in [6, 6.07) is 13.5. The van der Waals surface area contributed by atoms with Crippen molar-refractivity contribution in [1.29, 1.82) is 0 Å². The van der Waals surface area contributed by atoms with E-state index in [9.17, 15) is 4.79 Å². The van der Waals surface area contributed by atoms with Gasteiger partial charge in [0.05, 0.1) is 17.4 Å². The molecule has 6 nitrogen and oxygen atoms in total. The highest BCUT2D eigenvalue weighted by atomic mass is 16.5. The number of hydrogen-bond donors (Lipinski definition) is 0. The molecule has 1 aliphatic rings. The minimum absolute atomic E-state index is 0.0318. The first kappa shape index (κ1) is 18.5. The zero-order valence-electron chi connectivity index (χ0n) is 16.3. The summed E-state index contributed by atoms with van der Waals surface area (Å²) in [7, 11) is 0. The topological polar surface area (TPSA) is 60.5 Å². The van der Waals surface area contributed by atoms with Crippen LogP contribution in [-0.2, 0) is 4.74 Å². The summed E-state index contributed by atoms with van der Waals surface area (Å²) in [5.74, 6) is 1.36. The minimum atomic E-state index is -0.0318. The number of furan rings is 1. The molecule has 1 aromatic carbocycles. The van der Waals surface area contributed by atoms with E-state index in [0.717, 1.165) is 30.8 Å². The molecule has 146 valence electrons. The van der Waals surface area contributed by atoms with Crippen molar-refractivity contribution in [3.05, 3.63) is 60.0 Å². The molecule has 1 saturated heterocycles. The Labute approximate surface area is 164 Å². The average Bonchev–Trinajstić information content (AvgIpc) is 3.35. The molecule has 3 aromatic rings. The van der Waals surface area contributed by atoms with E-state index in [-0.39, 0.29) is 12.0 Å². The first-order valence-corrected chi connectivity index (χ1v) is 9.78. The fraction of sp³-hybridized carbons (Fsp3) is 0.364. The van der Waals surface area contributed by atoms with E-state index in [4.69, 9.17) is 9.15 Å². The van der Waals surface area contributed by atoms with Crippen LogP contribution in [0, 0.1) is 6.92 Å². The van der Waals surface area contributed by atoms with Gasteiger partial charge in [-0.3, -0.25) is 4.79 Å². The Morgan fingerprint density at radius 2 is 2.07 bits per heavy atom. The predicted molar refractivity (Wildman–Crippen MR) is 107 cm³/mol. The lowest BCUT2D eigenvalue weighted by atomic mass is 10.1. The number of carbonyl (C=O) groups excluding carboxylic acids is 1. The number of para-hydroxylation sites is 1. The van der Waals surface area contributed by atoms with Gasteiger partial charge in [0.2, 0.25) is 0 Å². The number of aryl methyl sites for hydroxylation is 1. The fourth-order valence-corrected chi connectivity index (χ4v) is 3.65. The molecular weight excluding hydrogens is 354 g/mol. The Bertz CT molecular complexity index is 943. The van der Waals surface area contributed by atoms with Crippen molar-refractivity contribution in [1.82, 2.24) is 14.7 Å². The van der Waals surface area contributed by atoms with E-state index < -0.39 is 0 Å². The zero-order valence-corrected chi connectivity index (χ0v) is 16.3. The number of nitrogens with zero attached hydrogens (tertiary/aromatic N) is 3. The average molecular weight is 379 g/mol. The summed E-state index contributed by atoms with van der Waals surface area (Å²) in [5.41, 5.74) is 2.02. The summed E-state index contributed by atoms with van der Waals surface area (Å²) in [6.07, 6.45) is 3.83. The van der Waals surface area contributed by atoms with Crippen LogP contribution in [0.15, 0.2) is 53.1 Å². The smallest absolute Gasteiger partial charge is 0.257 e. The third-order valence-corrected chi connectivity index (χ3v) is 5.01. The van der Waals surface area contributed by atoms with Crippen LogP contribution in [0.5, 0.6) is 0 Å². The monoisotopic (exact) mass is 379 g/mol. The summed E-state index contributed by atoms with van der Waals surface area (Å²) in [4.78, 5) is 15.2. The van der Waals surface area contributed by atoms with Crippen LogP contribution < -0.4 is 0 Å². The Morgan fingerprint density at radius 1 is 1.25 bits per heavy atom. The van der Waals surface area contributed by atoms with Crippen molar-refractivity contribution in [2.75, 3.05) is 19.7 Å². The number of likely N-dealkylation sites (tertiary alicyclic amines) is 1. The molecule has 0 spiro atoms. The van der Waals surface area contributed by atoms with Gasteiger partial charge in [-0.15, -0.1) is 0 Å². The van der Waals surface area contributed by atoms with Crippen molar-refractivity contribution in [2.45, 2.75) is 32.8 Å². The Balaban J connectivity index is 1.70. The number of piperidine rings is 1. The molecule has 0 saturated carbocycles. The number of rotatable bonds is 5. The standard InChI is InChI=1S/C22H25N3O3/c1-3-27-18-10-7-13-24(14-18)22(26)19-15-25(17-8-5-4-6-9-17)23-21(19)20-12-11-16(2)28-20/h4-6,8-9,11-12,15,18H,3,7,10,13-14H2,1-2H3/t18-/m1/s1. The molecule has 4 rings (SSSR count). The van der Waals surface area contributed by atoms with Crippen molar-refractivity contribution in [3.8, 4) is 17.1 Å². The number of carbonyl (C=O) groups is 1. The second-order valence-corrected chi connectivity index (χ2v) is 7.05. The molecule has 1 aliphatic heterocycles. The van der Waals surface area contributed by atoms with E-state index in [1.54, 1.807) is 10.9 Å². The van der Waals surface area contributed by atoms with Crippen LogP contribution in [0.2, 0.25) is 0 Å². The number of ether oxygens (including phenoxy) is 1. The van der Waals surface area contributed by atoms with Gasteiger partial charge in [0.1, 0.15) is 11.5 Å². The number of aromatic nitrogens is 2. The quantitative estimate of drug-likeness (QED) is 0.670. The van der Waals surface area contributed by atoms with Crippen LogP contribution in [0.1, 0.15) is 35.9 Å². The first-order valence-electron chi connectivity index (χ1n) is 9.78. The Hall–Kier alpha value is -2.86. The number of benzene rings is 1. The van der Waals surface area contributed by atoms with Crippen LogP contribution in [0.4, 0.5) is 0 Å². The normalized spacial score (nSPS) is 17.1. The second-order valence-electron chi connectivity index (χ2n) is 7.05. The summed E-state index contributed by atoms with van der Waals surface area (Å²) in [5, 5.41) is 4.68. The lowest BCUT2D eigenvalue weighted by molar-refractivity contribution is 0.00726. The largest absolute Gasteiger partial charge is 0.460 e. The zero-order chi connectivity index (χ0) is 19.5. The molecule has 1 atom stereocenters. The van der Waals surface area contributed by atoms with E-state index in [1.165, 1.54) is 0 Å². The second kappa shape index (κ2) is 8.02. The molecule has 28 heavy (non-hydrogen) atoms. The third-order valence-electron chi connectivity index (χ3n) is 5.01. The van der Waals surface area contributed by atoms with Gasteiger partial charge in [0, 0.05) is 25.9 Å². The molecule has 1 amide bonds. The molecule has 0 N–H and O–H groups in total. The molecule has 2 aromatic heterocycles. The molecule has 6 heteroatoms. The molecule has 0 bridgehead atoms. The lowest BCUT2D eigenvalue weighted by Crippen LogP contribution is -2.43. The van der Waals surface area contributed by atoms with Crippen molar-refractivity contribution in [3.63, 3.8) is 0 Å². The van der Waals surface area contributed by atoms with E-state index in [0.29, 0.717) is 30.2 Å². The first-order chi connectivity index (χ1) is 13.7. The van der Waals surface area contributed by atoms with Gasteiger partial charge >= 0.3 is 0 Å². The van der Waals surface area contributed by atoms with Gasteiger partial charge in [-0.2, -0.15) is 5.10 Å². The van der Waals surface area contributed by atoms with Gasteiger partial charge in [0.15, 0.2) is 5.76 Å². The highest BCUT2D eigenvalue weighted by molar-refractivity contribution is 5.99. The summed E-state index contributed by atoms with van der Waals surface area (Å²) in [6.45, 7) is 5.88. The molecule has 0 radical (unpaired) electrons. The van der Waals surface area contributed by atoms with Crippen LogP contribution in [0.3, 0.4) is 0 Å². The van der Waals surface area contributed by atoms with E-state index >= 15 is 0 Å². The van der Waals surface area contributed by atoms with Gasteiger partial charge in [-0.25, -0.2) is 4.68 Å². The highest BCUT2D eigenvalue weighted by Crippen LogP contribution is 2.28. The number of hydrogen-bond acceptors (Lipinski definition) is 4. The van der Waals surface area contributed by atoms with Gasteiger partial charge in [-0.1, -0.05) is 18.2 Å². The van der Waals surface area contributed by atoms with Crippen molar-refractivity contribution >= 4 is 5.91 Å². The van der Waals surface area contributed by atoms with E-state index in [2.05, 4.69) is 5.10 Å². The SMILES string of the molecule is CCO[C@@H]1CCCN(C(=O)c2cn(-c3ccccc3)nc2-c2ccc(C)o2)C1. The molecular formula is C22H25N3O3.